The van der Waals surface area contributed by atoms with Crippen LogP contribution in [0.1, 0.15) is 64.2 Å². The van der Waals surface area contributed by atoms with Crippen LogP contribution in [0.2, 0.25) is 0 Å². The normalized spacial score (nSPS) is 12.0. The molecule has 0 fully saturated rings. The topological polar surface area (TPSA) is 146 Å². The first kappa shape index (κ1) is 34.5. The summed E-state index contributed by atoms with van der Waals surface area (Å²) >= 11 is 0. The van der Waals surface area contributed by atoms with Gasteiger partial charge in [0.1, 0.15) is 30.5 Å². The summed E-state index contributed by atoms with van der Waals surface area (Å²) in [4.78, 5) is 56.9. The van der Waals surface area contributed by atoms with E-state index in [9.17, 15) is 14.4 Å². The van der Waals surface area contributed by atoms with Crippen molar-refractivity contribution in [2.75, 3.05) is 26.7 Å². The molecule has 3 amide bonds. The summed E-state index contributed by atoms with van der Waals surface area (Å²) in [6, 6.07) is 14.7. The molecule has 1 aliphatic heterocycles. The number of amides is 3. The SMILES string of the molecule is CCCC(=O)N(Cc1nc2c(ccc3cc4c(cc32)OCc2cc(-c3cnc(CN(CCC)C(=O)CNC(=O)OC)[nH]3)ccc2-4)[nH]1)CC(C)C. The summed E-state index contributed by atoms with van der Waals surface area (Å²) in [6.45, 7) is 10.5. The molecule has 0 aliphatic carbocycles. The van der Waals surface area contributed by atoms with Crippen molar-refractivity contribution in [3.8, 4) is 28.1 Å². The molecule has 12 nitrogen and oxygen atoms in total. The Bertz CT molecular complexity index is 2030. The molecule has 2 aromatic heterocycles. The average Bonchev–Trinajstić information content (AvgIpc) is 3.76. The van der Waals surface area contributed by atoms with E-state index in [0.29, 0.717) is 50.9 Å². The molecule has 0 saturated heterocycles. The minimum atomic E-state index is -0.646. The van der Waals surface area contributed by atoms with Crippen molar-refractivity contribution >= 4 is 39.7 Å². The number of carbonyl (C=O) groups is 3. The van der Waals surface area contributed by atoms with E-state index in [1.54, 1.807) is 11.1 Å². The molecule has 0 radical (unpaired) electrons. The monoisotopic (exact) mass is 679 g/mol. The summed E-state index contributed by atoms with van der Waals surface area (Å²) in [5, 5.41) is 4.51. The molecule has 0 saturated carbocycles. The number of imidazole rings is 2. The molecular formula is C38H45N7O5. The van der Waals surface area contributed by atoms with Crippen molar-refractivity contribution in [1.82, 2.24) is 35.1 Å². The molecule has 0 unspecified atom stereocenters. The van der Waals surface area contributed by atoms with Crippen molar-refractivity contribution in [2.45, 2.75) is 66.7 Å². The maximum atomic E-state index is 12.8. The predicted molar refractivity (Wildman–Crippen MR) is 192 cm³/mol. The Hall–Kier alpha value is -5.39. The highest BCUT2D eigenvalue weighted by Gasteiger charge is 2.22. The quantitative estimate of drug-likeness (QED) is 0.128. The van der Waals surface area contributed by atoms with Crippen molar-refractivity contribution in [3.63, 3.8) is 0 Å². The number of aromatic amines is 2. The number of alkyl carbamates (subject to hydrolysis) is 1. The molecule has 6 rings (SSSR count). The van der Waals surface area contributed by atoms with Crippen LogP contribution < -0.4 is 10.1 Å². The van der Waals surface area contributed by atoms with Crippen LogP contribution in [0.5, 0.6) is 5.75 Å². The molecule has 12 heteroatoms. The number of ether oxygens (including phenoxy) is 2. The van der Waals surface area contributed by atoms with Gasteiger partial charge in [-0.05, 0) is 65.1 Å². The van der Waals surface area contributed by atoms with E-state index in [0.717, 1.165) is 74.2 Å². The zero-order chi connectivity index (χ0) is 35.4. The number of nitrogens with one attached hydrogen (secondary N) is 3. The first-order valence-corrected chi connectivity index (χ1v) is 17.3. The van der Waals surface area contributed by atoms with Gasteiger partial charge in [0.2, 0.25) is 11.8 Å². The molecule has 3 N–H and O–H groups in total. The maximum absolute atomic E-state index is 12.8. The third-order valence-electron chi connectivity index (χ3n) is 8.83. The van der Waals surface area contributed by atoms with Gasteiger partial charge in [-0.25, -0.2) is 14.8 Å². The van der Waals surface area contributed by atoms with Crippen LogP contribution in [-0.4, -0.2) is 74.4 Å². The second kappa shape index (κ2) is 15.0. The number of carbonyl (C=O) groups excluding carboxylic acids is 3. The Labute approximate surface area is 291 Å². The van der Waals surface area contributed by atoms with Crippen LogP contribution in [0.3, 0.4) is 0 Å². The second-order valence-electron chi connectivity index (χ2n) is 13.2. The number of nitrogens with zero attached hydrogens (tertiary/aromatic N) is 4. The molecule has 0 spiro atoms. The van der Waals surface area contributed by atoms with Crippen LogP contribution >= 0.6 is 0 Å². The third-order valence-corrected chi connectivity index (χ3v) is 8.83. The fourth-order valence-corrected chi connectivity index (χ4v) is 6.49. The van der Waals surface area contributed by atoms with E-state index < -0.39 is 6.09 Å². The number of benzene rings is 3. The van der Waals surface area contributed by atoms with E-state index >= 15 is 0 Å². The number of rotatable bonds is 13. The highest BCUT2D eigenvalue weighted by Crippen LogP contribution is 2.42. The second-order valence-corrected chi connectivity index (χ2v) is 13.2. The molecule has 5 aromatic rings. The lowest BCUT2D eigenvalue weighted by molar-refractivity contribution is -0.132. The number of H-pyrrole nitrogens is 2. The fraction of sp³-hybridized carbons (Fsp3) is 0.395. The molecular weight excluding hydrogens is 634 g/mol. The number of methoxy groups -OCH3 is 1. The molecule has 3 aromatic carbocycles. The Morgan fingerprint density at radius 3 is 2.54 bits per heavy atom. The average molecular weight is 680 g/mol. The lowest BCUT2D eigenvalue weighted by Gasteiger charge is -2.23. The Kier molecular flexibility index (Phi) is 10.4. The predicted octanol–water partition coefficient (Wildman–Crippen LogP) is 6.54. The van der Waals surface area contributed by atoms with Gasteiger partial charge in [-0.15, -0.1) is 0 Å². The standard InChI is InChI=1S/C38H45N7O5/c1-6-8-35(46)45(19-23(3)4)21-34-41-30-12-10-24-15-29-27-11-9-25(14-26(27)22-50-32(29)16-28(24)37(30)43-34)31-17-39-33(42-31)20-44(13-7-2)36(47)18-40-38(48)49-5/h9-12,14-17,23H,6-8,13,18-22H2,1-5H3,(H,39,42)(H,40,48)(H,41,43). The Balaban J connectivity index is 1.22. The zero-order valence-corrected chi connectivity index (χ0v) is 29.4. The highest BCUT2D eigenvalue weighted by atomic mass is 16.5. The smallest absolute Gasteiger partial charge is 0.407 e. The number of aromatic nitrogens is 4. The van der Waals surface area contributed by atoms with E-state index in [-0.39, 0.29) is 18.4 Å². The molecule has 262 valence electrons. The lowest BCUT2D eigenvalue weighted by atomic mass is 9.92. The first-order chi connectivity index (χ1) is 24.2. The summed E-state index contributed by atoms with van der Waals surface area (Å²) in [5.41, 5.74) is 6.79. The van der Waals surface area contributed by atoms with Gasteiger partial charge >= 0.3 is 6.09 Å². The van der Waals surface area contributed by atoms with Gasteiger partial charge in [-0.1, -0.05) is 45.9 Å². The van der Waals surface area contributed by atoms with E-state index in [1.165, 1.54) is 7.11 Å². The summed E-state index contributed by atoms with van der Waals surface area (Å²) < 4.78 is 10.9. The van der Waals surface area contributed by atoms with Gasteiger partial charge in [0.05, 0.1) is 43.1 Å². The third kappa shape index (κ3) is 7.44. The van der Waals surface area contributed by atoms with Gasteiger partial charge in [0.15, 0.2) is 0 Å². The maximum Gasteiger partial charge on any atom is 0.407 e. The largest absolute Gasteiger partial charge is 0.488 e. The van der Waals surface area contributed by atoms with E-state index in [1.807, 2.05) is 18.7 Å². The summed E-state index contributed by atoms with van der Waals surface area (Å²) in [6.07, 6.45) is 3.25. The zero-order valence-electron chi connectivity index (χ0n) is 29.4. The molecule has 0 bridgehead atoms. The van der Waals surface area contributed by atoms with Gasteiger partial charge in [0.25, 0.3) is 0 Å². The van der Waals surface area contributed by atoms with Crippen molar-refractivity contribution < 1.29 is 23.9 Å². The van der Waals surface area contributed by atoms with Crippen LogP contribution in [0.15, 0.2) is 48.7 Å². The minimum Gasteiger partial charge on any atom is -0.488 e. The van der Waals surface area contributed by atoms with Crippen LogP contribution in [-0.2, 0) is 34.0 Å². The number of hydrogen-bond donors (Lipinski definition) is 3. The summed E-state index contributed by atoms with van der Waals surface area (Å²) in [7, 11) is 1.26. The van der Waals surface area contributed by atoms with Gasteiger partial charge in [-0.2, -0.15) is 0 Å². The van der Waals surface area contributed by atoms with Gasteiger partial charge in [0, 0.05) is 30.5 Å². The van der Waals surface area contributed by atoms with Gasteiger partial charge < -0.3 is 34.6 Å². The van der Waals surface area contributed by atoms with Crippen molar-refractivity contribution in [1.29, 1.82) is 0 Å². The summed E-state index contributed by atoms with van der Waals surface area (Å²) in [5.74, 6) is 2.53. The molecule has 50 heavy (non-hydrogen) atoms. The van der Waals surface area contributed by atoms with E-state index in [4.69, 9.17) is 9.72 Å². The number of fused-ring (bicyclic) bond motifs is 6. The molecule has 1 aliphatic rings. The Morgan fingerprint density at radius 1 is 0.960 bits per heavy atom. The van der Waals surface area contributed by atoms with Crippen molar-refractivity contribution in [2.24, 2.45) is 5.92 Å². The highest BCUT2D eigenvalue weighted by molar-refractivity contribution is 6.07. The van der Waals surface area contributed by atoms with Crippen LogP contribution in [0.25, 0.3) is 44.2 Å². The number of hydrogen-bond acceptors (Lipinski definition) is 7. The van der Waals surface area contributed by atoms with Crippen molar-refractivity contribution in [3.05, 3.63) is 65.9 Å². The first-order valence-electron chi connectivity index (χ1n) is 17.3. The molecule has 3 heterocycles. The molecule has 0 atom stereocenters. The Morgan fingerprint density at radius 2 is 1.78 bits per heavy atom. The lowest BCUT2D eigenvalue weighted by Crippen LogP contribution is -2.40. The van der Waals surface area contributed by atoms with Crippen LogP contribution in [0, 0.1) is 5.92 Å². The van der Waals surface area contributed by atoms with Crippen LogP contribution in [0.4, 0.5) is 4.79 Å². The fourth-order valence-electron chi connectivity index (χ4n) is 6.49. The minimum absolute atomic E-state index is 0.145. The van der Waals surface area contributed by atoms with Gasteiger partial charge in [-0.3, -0.25) is 9.59 Å². The van der Waals surface area contributed by atoms with E-state index in [2.05, 4.69) is 81.3 Å².